The van der Waals surface area contributed by atoms with Crippen LogP contribution in [0.1, 0.15) is 49.0 Å². The molecule has 1 aliphatic carbocycles. The van der Waals surface area contributed by atoms with Crippen molar-refractivity contribution in [3.63, 3.8) is 0 Å². The van der Waals surface area contributed by atoms with E-state index in [1.165, 1.54) is 49.9 Å². The van der Waals surface area contributed by atoms with Crippen LogP contribution >= 0.6 is 11.3 Å². The lowest BCUT2D eigenvalue weighted by Crippen LogP contribution is -2.34. The Balaban J connectivity index is 1.78. The molecule has 0 bridgehead atoms. The van der Waals surface area contributed by atoms with Crippen molar-refractivity contribution < 1.29 is 9.90 Å². The number of thiazole rings is 1. The Labute approximate surface area is 111 Å². The summed E-state index contributed by atoms with van der Waals surface area (Å²) in [5.41, 5.74) is 0.187. The van der Waals surface area contributed by atoms with E-state index in [0.717, 1.165) is 17.6 Å². The molecule has 1 saturated carbocycles. The molecule has 1 saturated heterocycles. The lowest BCUT2D eigenvalue weighted by atomic mass is 9.96. The van der Waals surface area contributed by atoms with Crippen LogP contribution in [0, 0.1) is 5.92 Å². The fourth-order valence-corrected chi connectivity index (χ4v) is 4.24. The molecule has 2 fully saturated rings. The zero-order valence-electron chi connectivity index (χ0n) is 10.3. The Kier molecular flexibility index (Phi) is 3.24. The van der Waals surface area contributed by atoms with Gasteiger partial charge < -0.3 is 10.0 Å². The predicted molar refractivity (Wildman–Crippen MR) is 71.4 cm³/mol. The van der Waals surface area contributed by atoms with Crippen LogP contribution in [0.15, 0.2) is 5.38 Å². The third kappa shape index (κ3) is 2.11. The highest BCUT2D eigenvalue weighted by atomic mass is 32.1. The van der Waals surface area contributed by atoms with E-state index in [0.29, 0.717) is 6.04 Å². The van der Waals surface area contributed by atoms with Gasteiger partial charge in [0.2, 0.25) is 0 Å². The predicted octanol–water partition coefficient (Wildman–Crippen LogP) is 3.00. The second-order valence-electron chi connectivity index (χ2n) is 5.27. The van der Waals surface area contributed by atoms with Gasteiger partial charge in [0.25, 0.3) is 0 Å². The maximum Gasteiger partial charge on any atom is 0.355 e. The summed E-state index contributed by atoms with van der Waals surface area (Å²) in [6.45, 7) is 1.04. The fourth-order valence-electron chi connectivity index (χ4n) is 3.36. The number of hydrogen-bond acceptors (Lipinski definition) is 4. The third-order valence-electron chi connectivity index (χ3n) is 4.20. The number of hydrogen-bond donors (Lipinski definition) is 1. The standard InChI is InChI=1S/C13H18N2O2S/c16-12(17)10-8-18-13(14-10)15-7-3-6-11(15)9-4-1-2-5-9/h8-9,11H,1-7H2,(H,16,17). The second kappa shape index (κ2) is 4.88. The highest BCUT2D eigenvalue weighted by Gasteiger charge is 2.34. The molecule has 18 heavy (non-hydrogen) atoms. The summed E-state index contributed by atoms with van der Waals surface area (Å²) < 4.78 is 0. The Hall–Kier alpha value is -1.10. The molecule has 1 N–H and O–H groups in total. The molecule has 1 aliphatic heterocycles. The van der Waals surface area contributed by atoms with Crippen LogP contribution in [0.2, 0.25) is 0 Å². The molecule has 98 valence electrons. The topological polar surface area (TPSA) is 53.4 Å². The maximum absolute atomic E-state index is 10.9. The van der Waals surface area contributed by atoms with E-state index < -0.39 is 5.97 Å². The molecule has 0 radical (unpaired) electrons. The lowest BCUT2D eigenvalue weighted by molar-refractivity contribution is 0.0691. The van der Waals surface area contributed by atoms with Gasteiger partial charge in [-0.05, 0) is 31.6 Å². The van der Waals surface area contributed by atoms with Crippen molar-refractivity contribution in [3.05, 3.63) is 11.1 Å². The second-order valence-corrected chi connectivity index (χ2v) is 6.10. The molecule has 5 heteroatoms. The first-order valence-electron chi connectivity index (χ1n) is 6.71. The molecule has 0 spiro atoms. The van der Waals surface area contributed by atoms with E-state index in [2.05, 4.69) is 9.88 Å². The van der Waals surface area contributed by atoms with E-state index in [1.54, 1.807) is 5.38 Å². The summed E-state index contributed by atoms with van der Waals surface area (Å²) >= 11 is 1.47. The Morgan fingerprint density at radius 1 is 1.33 bits per heavy atom. The van der Waals surface area contributed by atoms with Crippen LogP contribution < -0.4 is 4.90 Å². The minimum absolute atomic E-state index is 0.187. The number of aromatic nitrogens is 1. The maximum atomic E-state index is 10.9. The number of rotatable bonds is 3. The van der Waals surface area contributed by atoms with Crippen molar-refractivity contribution in [2.45, 2.75) is 44.6 Å². The Morgan fingerprint density at radius 2 is 2.11 bits per heavy atom. The van der Waals surface area contributed by atoms with E-state index in [9.17, 15) is 4.79 Å². The molecule has 1 aromatic heterocycles. The molecule has 2 aliphatic rings. The molecule has 0 aromatic carbocycles. The number of carboxylic acids is 1. The van der Waals surface area contributed by atoms with Crippen molar-refractivity contribution >= 4 is 22.4 Å². The van der Waals surface area contributed by atoms with Crippen LogP contribution in [0.3, 0.4) is 0 Å². The smallest absolute Gasteiger partial charge is 0.355 e. The molecule has 3 rings (SSSR count). The summed E-state index contributed by atoms with van der Waals surface area (Å²) in [5.74, 6) is -0.126. The van der Waals surface area contributed by atoms with Crippen LogP contribution in [-0.4, -0.2) is 28.6 Å². The highest BCUT2D eigenvalue weighted by Crippen LogP contribution is 2.38. The molecule has 0 amide bonds. The number of nitrogens with zero attached hydrogens (tertiary/aromatic N) is 2. The largest absolute Gasteiger partial charge is 0.476 e. The molecule has 2 heterocycles. The van der Waals surface area contributed by atoms with Crippen molar-refractivity contribution in [2.24, 2.45) is 5.92 Å². The lowest BCUT2D eigenvalue weighted by Gasteiger charge is -2.28. The van der Waals surface area contributed by atoms with Gasteiger partial charge in [-0.3, -0.25) is 0 Å². The van der Waals surface area contributed by atoms with Crippen LogP contribution in [0.25, 0.3) is 0 Å². The number of aromatic carboxylic acids is 1. The minimum atomic E-state index is -0.922. The minimum Gasteiger partial charge on any atom is -0.476 e. The normalized spacial score (nSPS) is 24.9. The van der Waals surface area contributed by atoms with Gasteiger partial charge in [0.05, 0.1) is 0 Å². The fraction of sp³-hybridized carbons (Fsp3) is 0.692. The number of anilines is 1. The summed E-state index contributed by atoms with van der Waals surface area (Å²) in [5, 5.41) is 11.5. The first-order valence-corrected chi connectivity index (χ1v) is 7.59. The average molecular weight is 266 g/mol. The van der Waals surface area contributed by atoms with Gasteiger partial charge in [-0.1, -0.05) is 12.8 Å². The average Bonchev–Trinajstić information content (AvgIpc) is 3.10. The van der Waals surface area contributed by atoms with E-state index in [-0.39, 0.29) is 5.69 Å². The van der Waals surface area contributed by atoms with Gasteiger partial charge >= 0.3 is 5.97 Å². The van der Waals surface area contributed by atoms with Crippen LogP contribution in [0.4, 0.5) is 5.13 Å². The molecule has 4 nitrogen and oxygen atoms in total. The third-order valence-corrected chi connectivity index (χ3v) is 5.08. The van der Waals surface area contributed by atoms with Gasteiger partial charge in [-0.2, -0.15) is 0 Å². The van der Waals surface area contributed by atoms with Gasteiger partial charge in [0.1, 0.15) is 0 Å². The number of carboxylic acid groups (broad SMARTS) is 1. The van der Waals surface area contributed by atoms with Gasteiger partial charge in [0.15, 0.2) is 10.8 Å². The molecule has 1 atom stereocenters. The quantitative estimate of drug-likeness (QED) is 0.913. The van der Waals surface area contributed by atoms with Gasteiger partial charge in [-0.25, -0.2) is 9.78 Å². The van der Waals surface area contributed by atoms with Crippen molar-refractivity contribution in [2.75, 3.05) is 11.4 Å². The summed E-state index contributed by atoms with van der Waals surface area (Å²) in [4.78, 5) is 17.5. The van der Waals surface area contributed by atoms with Gasteiger partial charge in [0, 0.05) is 18.0 Å². The van der Waals surface area contributed by atoms with E-state index in [1.807, 2.05) is 0 Å². The first kappa shape index (κ1) is 12.0. The van der Waals surface area contributed by atoms with Crippen molar-refractivity contribution in [3.8, 4) is 0 Å². The van der Waals surface area contributed by atoms with Gasteiger partial charge in [-0.15, -0.1) is 11.3 Å². The summed E-state index contributed by atoms with van der Waals surface area (Å²) in [6.07, 6.45) is 7.83. The summed E-state index contributed by atoms with van der Waals surface area (Å²) in [7, 11) is 0. The monoisotopic (exact) mass is 266 g/mol. The van der Waals surface area contributed by atoms with Crippen LogP contribution in [0.5, 0.6) is 0 Å². The Morgan fingerprint density at radius 3 is 2.78 bits per heavy atom. The highest BCUT2D eigenvalue weighted by molar-refractivity contribution is 7.13. The first-order chi connectivity index (χ1) is 8.75. The van der Waals surface area contributed by atoms with Crippen molar-refractivity contribution in [1.29, 1.82) is 0 Å². The number of carbonyl (C=O) groups is 1. The Bertz CT molecular complexity index is 440. The molecular weight excluding hydrogens is 248 g/mol. The summed E-state index contributed by atoms with van der Waals surface area (Å²) in [6, 6.07) is 0.597. The van der Waals surface area contributed by atoms with Crippen LogP contribution in [-0.2, 0) is 0 Å². The SMILES string of the molecule is O=C(O)c1csc(N2CCCC2C2CCCC2)n1. The zero-order valence-corrected chi connectivity index (χ0v) is 11.2. The molecule has 1 aromatic rings. The zero-order chi connectivity index (χ0) is 12.5. The molecular formula is C13H18N2O2S. The van der Waals surface area contributed by atoms with Crippen molar-refractivity contribution in [1.82, 2.24) is 4.98 Å². The van der Waals surface area contributed by atoms with E-state index in [4.69, 9.17) is 5.11 Å². The van der Waals surface area contributed by atoms with E-state index >= 15 is 0 Å². The molecule has 1 unspecified atom stereocenters.